The minimum absolute atomic E-state index is 0.0394. The lowest BCUT2D eigenvalue weighted by Crippen LogP contribution is -2.47. The Morgan fingerprint density at radius 1 is 1.31 bits per heavy atom. The van der Waals surface area contributed by atoms with Crippen molar-refractivity contribution in [3.8, 4) is 0 Å². The van der Waals surface area contributed by atoms with Crippen molar-refractivity contribution in [3.05, 3.63) is 0 Å². The number of aliphatic hydroxyl groups is 1. The Bertz CT molecular complexity index is 204. The quantitative estimate of drug-likeness (QED) is 0.772. The highest BCUT2D eigenvalue weighted by atomic mass is 16.5. The van der Waals surface area contributed by atoms with Gasteiger partial charge in [-0.15, -0.1) is 0 Å². The second-order valence-corrected chi connectivity index (χ2v) is 6.24. The summed E-state index contributed by atoms with van der Waals surface area (Å²) in [5.74, 6) is 0. The fourth-order valence-corrected chi connectivity index (χ4v) is 1.87. The Labute approximate surface area is 99.6 Å². The van der Waals surface area contributed by atoms with E-state index in [-0.39, 0.29) is 17.4 Å². The van der Waals surface area contributed by atoms with Gasteiger partial charge in [0.05, 0.1) is 6.61 Å². The SMILES string of the molecule is CC(NCC1(CO)CCOCC1)C(C)(C)C. The topological polar surface area (TPSA) is 41.5 Å². The predicted molar refractivity (Wildman–Crippen MR) is 66.5 cm³/mol. The first-order chi connectivity index (χ1) is 7.40. The summed E-state index contributed by atoms with van der Waals surface area (Å²) in [5.41, 5.74) is 0.305. The molecule has 1 unspecified atom stereocenters. The standard InChI is InChI=1S/C13H27NO2/c1-11(12(2,3)4)14-9-13(10-15)5-7-16-8-6-13/h11,14-15H,5-10H2,1-4H3. The molecule has 0 aromatic rings. The lowest BCUT2D eigenvalue weighted by Gasteiger charge is -2.38. The van der Waals surface area contributed by atoms with Gasteiger partial charge in [-0.3, -0.25) is 0 Å². The van der Waals surface area contributed by atoms with E-state index in [9.17, 15) is 5.11 Å². The Kier molecular flexibility index (Phi) is 4.77. The third-order valence-electron chi connectivity index (χ3n) is 3.97. The molecule has 0 aromatic carbocycles. The maximum absolute atomic E-state index is 9.56. The Morgan fingerprint density at radius 2 is 1.88 bits per heavy atom. The monoisotopic (exact) mass is 229 g/mol. The maximum atomic E-state index is 9.56. The molecule has 0 saturated carbocycles. The van der Waals surface area contributed by atoms with Crippen LogP contribution in [0.15, 0.2) is 0 Å². The second-order valence-electron chi connectivity index (χ2n) is 6.24. The van der Waals surface area contributed by atoms with Crippen molar-refractivity contribution in [1.82, 2.24) is 5.32 Å². The van der Waals surface area contributed by atoms with Gasteiger partial charge in [-0.2, -0.15) is 0 Å². The first-order valence-corrected chi connectivity index (χ1v) is 6.32. The minimum atomic E-state index is 0.0394. The summed E-state index contributed by atoms with van der Waals surface area (Å²) in [7, 11) is 0. The molecule has 1 fully saturated rings. The summed E-state index contributed by atoms with van der Waals surface area (Å²) in [6, 6.07) is 0.457. The Hall–Kier alpha value is -0.120. The van der Waals surface area contributed by atoms with Crippen molar-refractivity contribution < 1.29 is 9.84 Å². The lowest BCUT2D eigenvalue weighted by molar-refractivity contribution is -0.0178. The van der Waals surface area contributed by atoms with Crippen LogP contribution in [0.25, 0.3) is 0 Å². The molecule has 0 bridgehead atoms. The lowest BCUT2D eigenvalue weighted by atomic mass is 9.80. The molecule has 3 nitrogen and oxygen atoms in total. The fraction of sp³-hybridized carbons (Fsp3) is 1.00. The number of hydrogen-bond acceptors (Lipinski definition) is 3. The average molecular weight is 229 g/mol. The van der Waals surface area contributed by atoms with Crippen molar-refractivity contribution >= 4 is 0 Å². The normalized spacial score (nSPS) is 23.1. The minimum Gasteiger partial charge on any atom is -0.396 e. The van der Waals surface area contributed by atoms with E-state index < -0.39 is 0 Å². The first kappa shape index (κ1) is 13.9. The molecule has 96 valence electrons. The van der Waals surface area contributed by atoms with Crippen molar-refractivity contribution in [2.75, 3.05) is 26.4 Å². The zero-order valence-electron chi connectivity index (χ0n) is 11.2. The van der Waals surface area contributed by atoms with Gasteiger partial charge in [-0.25, -0.2) is 0 Å². The van der Waals surface area contributed by atoms with Gasteiger partial charge < -0.3 is 15.2 Å². The van der Waals surface area contributed by atoms with Crippen molar-refractivity contribution in [2.24, 2.45) is 10.8 Å². The molecule has 0 amide bonds. The summed E-state index contributed by atoms with van der Waals surface area (Å²) in [4.78, 5) is 0. The van der Waals surface area contributed by atoms with E-state index >= 15 is 0 Å². The van der Waals surface area contributed by atoms with E-state index in [1.165, 1.54) is 0 Å². The highest BCUT2D eigenvalue weighted by molar-refractivity contribution is 4.86. The van der Waals surface area contributed by atoms with Crippen LogP contribution in [-0.4, -0.2) is 37.5 Å². The fourth-order valence-electron chi connectivity index (χ4n) is 1.87. The predicted octanol–water partition coefficient (Wildman–Crippen LogP) is 1.80. The van der Waals surface area contributed by atoms with Crippen LogP contribution in [0, 0.1) is 10.8 Å². The Morgan fingerprint density at radius 3 is 2.31 bits per heavy atom. The molecular formula is C13H27NO2. The first-order valence-electron chi connectivity index (χ1n) is 6.32. The zero-order chi connectivity index (χ0) is 12.2. The summed E-state index contributed by atoms with van der Waals surface area (Å²) >= 11 is 0. The molecule has 3 heteroatoms. The van der Waals surface area contributed by atoms with Crippen molar-refractivity contribution in [1.29, 1.82) is 0 Å². The zero-order valence-corrected chi connectivity index (χ0v) is 11.2. The van der Waals surface area contributed by atoms with Gasteiger partial charge in [0.2, 0.25) is 0 Å². The largest absolute Gasteiger partial charge is 0.396 e. The molecule has 1 aliphatic heterocycles. The number of hydrogen-bond donors (Lipinski definition) is 2. The van der Waals surface area contributed by atoms with Gasteiger partial charge in [-0.05, 0) is 25.2 Å². The van der Waals surface area contributed by atoms with E-state index in [1.807, 2.05) is 0 Å². The van der Waals surface area contributed by atoms with E-state index in [0.717, 1.165) is 32.6 Å². The van der Waals surface area contributed by atoms with Crippen LogP contribution < -0.4 is 5.32 Å². The molecule has 16 heavy (non-hydrogen) atoms. The van der Waals surface area contributed by atoms with Crippen LogP contribution in [0.4, 0.5) is 0 Å². The molecule has 1 atom stereocenters. The molecule has 0 radical (unpaired) electrons. The van der Waals surface area contributed by atoms with Crippen LogP contribution in [0.2, 0.25) is 0 Å². The van der Waals surface area contributed by atoms with Crippen LogP contribution >= 0.6 is 0 Å². The summed E-state index contributed by atoms with van der Waals surface area (Å²) in [5, 5.41) is 13.1. The summed E-state index contributed by atoms with van der Waals surface area (Å²) in [6.07, 6.45) is 1.93. The van der Waals surface area contributed by atoms with Gasteiger partial charge in [-0.1, -0.05) is 20.8 Å². The molecule has 0 spiro atoms. The third kappa shape index (κ3) is 3.72. The molecule has 2 N–H and O–H groups in total. The van der Waals surface area contributed by atoms with E-state index in [2.05, 4.69) is 33.0 Å². The van der Waals surface area contributed by atoms with Crippen LogP contribution in [0.1, 0.15) is 40.5 Å². The van der Waals surface area contributed by atoms with Gasteiger partial charge >= 0.3 is 0 Å². The van der Waals surface area contributed by atoms with Gasteiger partial charge in [0.1, 0.15) is 0 Å². The van der Waals surface area contributed by atoms with Crippen LogP contribution in [0.3, 0.4) is 0 Å². The number of aliphatic hydroxyl groups excluding tert-OH is 1. The van der Waals surface area contributed by atoms with Crippen molar-refractivity contribution in [2.45, 2.75) is 46.6 Å². The third-order valence-corrected chi connectivity index (χ3v) is 3.97. The van der Waals surface area contributed by atoms with Crippen LogP contribution in [-0.2, 0) is 4.74 Å². The average Bonchev–Trinajstić information content (AvgIpc) is 2.26. The number of ether oxygens (including phenoxy) is 1. The summed E-state index contributed by atoms with van der Waals surface area (Å²) in [6.45, 7) is 11.6. The highest BCUT2D eigenvalue weighted by Gasteiger charge is 2.33. The van der Waals surface area contributed by atoms with Crippen molar-refractivity contribution in [3.63, 3.8) is 0 Å². The van der Waals surface area contributed by atoms with Gasteiger partial charge in [0.25, 0.3) is 0 Å². The van der Waals surface area contributed by atoms with Gasteiger partial charge in [0, 0.05) is 31.2 Å². The second kappa shape index (κ2) is 5.48. The number of nitrogens with one attached hydrogen (secondary N) is 1. The number of rotatable bonds is 4. The van der Waals surface area contributed by atoms with E-state index in [0.29, 0.717) is 6.04 Å². The Balaban J connectivity index is 2.45. The van der Waals surface area contributed by atoms with E-state index in [1.54, 1.807) is 0 Å². The molecule has 1 aliphatic rings. The molecular weight excluding hydrogens is 202 g/mol. The van der Waals surface area contributed by atoms with Crippen LogP contribution in [0.5, 0.6) is 0 Å². The molecule has 0 aliphatic carbocycles. The summed E-state index contributed by atoms with van der Waals surface area (Å²) < 4.78 is 5.36. The molecule has 1 saturated heterocycles. The van der Waals surface area contributed by atoms with Gasteiger partial charge in [0.15, 0.2) is 0 Å². The molecule has 0 aromatic heterocycles. The molecule has 1 rings (SSSR count). The smallest absolute Gasteiger partial charge is 0.0501 e. The van der Waals surface area contributed by atoms with E-state index in [4.69, 9.17) is 4.74 Å². The molecule has 1 heterocycles. The maximum Gasteiger partial charge on any atom is 0.0501 e. The highest BCUT2D eigenvalue weighted by Crippen LogP contribution is 2.30.